The largest absolute Gasteiger partial charge is 0.208 e. The van der Waals surface area contributed by atoms with Gasteiger partial charge in [-0.15, -0.1) is 0 Å². The van der Waals surface area contributed by atoms with Crippen molar-refractivity contribution < 1.29 is 0 Å². The molecule has 0 N–H and O–H groups in total. The molecule has 12 aromatic rings. The highest BCUT2D eigenvalue weighted by atomic mass is 15.0. The van der Waals surface area contributed by atoms with E-state index in [1.807, 2.05) is 42.5 Å². The molecule has 0 fully saturated rings. The van der Waals surface area contributed by atoms with E-state index in [0.29, 0.717) is 23.0 Å². The molecule has 68 heavy (non-hydrogen) atoms. The van der Waals surface area contributed by atoms with Crippen LogP contribution in [-0.4, -0.2) is 15.0 Å². The normalized spacial score (nSPS) is 11.5. The van der Waals surface area contributed by atoms with Crippen LogP contribution in [0.1, 0.15) is 5.56 Å². The topological polar surface area (TPSA) is 62.5 Å². The first-order chi connectivity index (χ1) is 33.7. The summed E-state index contributed by atoms with van der Waals surface area (Å²) in [6.07, 6.45) is 0. The SMILES string of the molecule is N#Cc1cccc(-c2ccccc2-c2cccc(-c3nc(-c4ccccc4)nc(-c4ccc5c(c4)-c4cccc6cccc-5c46)n3)c2)c1-c1ccccc1-c1cccc2c1ccc1ccccc12. The van der Waals surface area contributed by atoms with Crippen molar-refractivity contribution in [3.63, 3.8) is 0 Å². The molecule has 0 spiro atoms. The number of rotatable bonds is 7. The van der Waals surface area contributed by atoms with Crippen LogP contribution in [0, 0.1) is 11.3 Å². The van der Waals surface area contributed by atoms with Gasteiger partial charge in [0, 0.05) is 22.3 Å². The second kappa shape index (κ2) is 16.0. The van der Waals surface area contributed by atoms with Crippen molar-refractivity contribution in [2.24, 2.45) is 0 Å². The molecule has 0 aliphatic heterocycles. The van der Waals surface area contributed by atoms with Crippen LogP contribution in [0.15, 0.2) is 231 Å². The zero-order valence-electron chi connectivity index (χ0n) is 36.7. The van der Waals surface area contributed by atoms with Gasteiger partial charge < -0.3 is 0 Å². The fourth-order valence-electron chi connectivity index (χ4n) is 10.4. The minimum atomic E-state index is 0.586. The van der Waals surface area contributed by atoms with Gasteiger partial charge in [-0.2, -0.15) is 5.26 Å². The van der Waals surface area contributed by atoms with Crippen LogP contribution in [0.5, 0.6) is 0 Å². The Morgan fingerprint density at radius 1 is 0.279 bits per heavy atom. The number of benzene rings is 11. The van der Waals surface area contributed by atoms with E-state index in [2.05, 4.69) is 194 Å². The third-order valence-electron chi connectivity index (χ3n) is 13.5. The zero-order chi connectivity index (χ0) is 45.1. The van der Waals surface area contributed by atoms with Crippen molar-refractivity contribution in [3.8, 4) is 107 Å². The van der Waals surface area contributed by atoms with E-state index < -0.39 is 0 Å². The first-order valence-electron chi connectivity index (χ1n) is 22.9. The molecular formula is C64H38N4. The summed E-state index contributed by atoms with van der Waals surface area (Å²) in [5.41, 5.74) is 16.4. The number of nitriles is 1. The van der Waals surface area contributed by atoms with Crippen molar-refractivity contribution in [2.75, 3.05) is 0 Å². The van der Waals surface area contributed by atoms with Crippen LogP contribution < -0.4 is 0 Å². The summed E-state index contributed by atoms with van der Waals surface area (Å²) in [7, 11) is 0. The Balaban J connectivity index is 0.944. The minimum Gasteiger partial charge on any atom is -0.208 e. The Labute approximate surface area is 393 Å². The summed E-state index contributed by atoms with van der Waals surface area (Å²) in [6.45, 7) is 0. The van der Waals surface area contributed by atoms with Gasteiger partial charge in [-0.1, -0.05) is 212 Å². The number of hydrogen-bond donors (Lipinski definition) is 0. The van der Waals surface area contributed by atoms with Gasteiger partial charge in [0.15, 0.2) is 17.5 Å². The average molecular weight is 863 g/mol. The summed E-state index contributed by atoms with van der Waals surface area (Å²) in [5, 5.41) is 18.1. The van der Waals surface area contributed by atoms with Gasteiger partial charge in [0.05, 0.1) is 11.6 Å². The molecule has 0 amide bonds. The molecule has 4 nitrogen and oxygen atoms in total. The van der Waals surface area contributed by atoms with Gasteiger partial charge in [-0.3, -0.25) is 0 Å². The first-order valence-corrected chi connectivity index (χ1v) is 22.9. The second-order valence-corrected chi connectivity index (χ2v) is 17.3. The molecule has 0 saturated heterocycles. The summed E-state index contributed by atoms with van der Waals surface area (Å²) in [6, 6.07) is 83.4. The van der Waals surface area contributed by atoms with Crippen molar-refractivity contribution >= 4 is 32.3 Å². The van der Waals surface area contributed by atoms with E-state index in [0.717, 1.165) is 61.2 Å². The Hall–Kier alpha value is -9.30. The van der Waals surface area contributed by atoms with Gasteiger partial charge in [-0.05, 0) is 112 Å². The predicted molar refractivity (Wildman–Crippen MR) is 280 cm³/mol. The minimum absolute atomic E-state index is 0.586. The van der Waals surface area contributed by atoms with E-state index in [1.165, 1.54) is 54.6 Å². The Bertz CT molecular complexity index is 4050. The van der Waals surface area contributed by atoms with E-state index in [1.54, 1.807) is 0 Å². The third kappa shape index (κ3) is 6.41. The molecule has 1 aliphatic rings. The van der Waals surface area contributed by atoms with Crippen LogP contribution in [-0.2, 0) is 0 Å². The molecule has 1 aromatic heterocycles. The van der Waals surface area contributed by atoms with Gasteiger partial charge in [-0.25, -0.2) is 15.0 Å². The molecule has 1 aliphatic carbocycles. The number of hydrogen-bond acceptors (Lipinski definition) is 4. The van der Waals surface area contributed by atoms with Gasteiger partial charge in [0.2, 0.25) is 0 Å². The third-order valence-corrected chi connectivity index (χ3v) is 13.5. The maximum Gasteiger partial charge on any atom is 0.164 e. The average Bonchev–Trinajstić information content (AvgIpc) is 3.74. The molecule has 0 radical (unpaired) electrons. The lowest BCUT2D eigenvalue weighted by molar-refractivity contribution is 1.07. The summed E-state index contributed by atoms with van der Waals surface area (Å²) < 4.78 is 0. The fraction of sp³-hybridized carbons (Fsp3) is 0. The lowest BCUT2D eigenvalue weighted by atomic mass is 9.83. The highest BCUT2D eigenvalue weighted by Gasteiger charge is 2.24. The smallest absolute Gasteiger partial charge is 0.164 e. The van der Waals surface area contributed by atoms with E-state index in [9.17, 15) is 5.26 Å². The lowest BCUT2D eigenvalue weighted by Gasteiger charge is -2.19. The summed E-state index contributed by atoms with van der Waals surface area (Å²) >= 11 is 0. The van der Waals surface area contributed by atoms with Crippen molar-refractivity contribution in [2.45, 2.75) is 0 Å². The number of nitrogens with zero attached hydrogens (tertiary/aromatic N) is 4. The van der Waals surface area contributed by atoms with Gasteiger partial charge >= 0.3 is 0 Å². The molecule has 1 heterocycles. The molecule has 4 heteroatoms. The maximum atomic E-state index is 10.8. The van der Waals surface area contributed by atoms with Gasteiger partial charge in [0.1, 0.15) is 0 Å². The molecular weight excluding hydrogens is 825 g/mol. The van der Waals surface area contributed by atoms with Crippen molar-refractivity contribution in [1.29, 1.82) is 5.26 Å². The lowest BCUT2D eigenvalue weighted by Crippen LogP contribution is -2.00. The molecule has 0 bridgehead atoms. The predicted octanol–water partition coefficient (Wildman–Crippen LogP) is 16.5. The first kappa shape index (κ1) is 39.1. The van der Waals surface area contributed by atoms with Gasteiger partial charge in [0.25, 0.3) is 0 Å². The zero-order valence-corrected chi connectivity index (χ0v) is 36.7. The monoisotopic (exact) mass is 862 g/mol. The highest BCUT2D eigenvalue weighted by molar-refractivity contribution is 6.16. The highest BCUT2D eigenvalue weighted by Crippen LogP contribution is 2.49. The maximum absolute atomic E-state index is 10.8. The molecule has 0 atom stereocenters. The molecule has 0 unspecified atom stereocenters. The second-order valence-electron chi connectivity index (χ2n) is 17.3. The summed E-state index contributed by atoms with van der Waals surface area (Å²) in [5.74, 6) is 1.81. The van der Waals surface area contributed by atoms with E-state index in [-0.39, 0.29) is 0 Å². The molecule has 314 valence electrons. The molecule has 11 aromatic carbocycles. The number of fused-ring (bicyclic) bond motifs is 6. The molecule has 13 rings (SSSR count). The van der Waals surface area contributed by atoms with E-state index >= 15 is 0 Å². The Kier molecular flexibility index (Phi) is 9.20. The Morgan fingerprint density at radius 3 is 1.59 bits per heavy atom. The van der Waals surface area contributed by atoms with Crippen LogP contribution in [0.25, 0.3) is 133 Å². The summed E-state index contributed by atoms with van der Waals surface area (Å²) in [4.78, 5) is 15.5. The Morgan fingerprint density at radius 2 is 0.794 bits per heavy atom. The van der Waals surface area contributed by atoms with Crippen LogP contribution in [0.2, 0.25) is 0 Å². The van der Waals surface area contributed by atoms with Crippen LogP contribution in [0.4, 0.5) is 0 Å². The standard InChI is InChI=1S/C64H38N4/c65-39-46-22-13-31-56(61(46)55-27-9-8-26-52(55)51-29-14-28-49-47-23-5-4-15-40(47)33-35-53(49)51)50-25-7-6-24-48(50)43-20-10-21-44(37-43)63-66-62(42-16-2-1-3-17-42)67-64(68-63)45-34-36-54-57-30-11-18-41-19-12-32-58(60(41)57)59(54)38-45/h1-38H. The van der Waals surface area contributed by atoms with Crippen molar-refractivity contribution in [1.82, 2.24) is 15.0 Å². The van der Waals surface area contributed by atoms with Crippen molar-refractivity contribution in [3.05, 3.63) is 236 Å². The van der Waals surface area contributed by atoms with Crippen LogP contribution in [0.3, 0.4) is 0 Å². The number of aromatic nitrogens is 3. The quantitative estimate of drug-likeness (QED) is 0.150. The van der Waals surface area contributed by atoms with E-state index in [4.69, 9.17) is 15.0 Å². The fourth-order valence-corrected chi connectivity index (χ4v) is 10.4. The molecule has 0 saturated carbocycles. The van der Waals surface area contributed by atoms with Crippen LogP contribution >= 0.6 is 0 Å².